The molecule has 1 saturated carbocycles. The van der Waals surface area contributed by atoms with Crippen LogP contribution >= 0.6 is 11.6 Å². The van der Waals surface area contributed by atoms with Crippen LogP contribution in [0, 0.1) is 0 Å². The van der Waals surface area contributed by atoms with Crippen LogP contribution in [0.15, 0.2) is 0 Å². The Morgan fingerprint density at radius 1 is 1.31 bits per heavy atom. The van der Waals surface area contributed by atoms with E-state index in [2.05, 4.69) is 4.72 Å². The molecule has 1 rings (SSSR count). The summed E-state index contributed by atoms with van der Waals surface area (Å²) < 4.78 is 26.5. The van der Waals surface area contributed by atoms with E-state index < -0.39 is 10.0 Å². The van der Waals surface area contributed by atoms with Gasteiger partial charge in [-0.25, -0.2) is 13.1 Å². The summed E-state index contributed by atoms with van der Waals surface area (Å²) >= 11 is 5.80. The van der Waals surface area contributed by atoms with Crippen molar-refractivity contribution < 1.29 is 8.42 Å². The van der Waals surface area contributed by atoms with Gasteiger partial charge in [0.25, 0.3) is 0 Å². The molecule has 0 aromatic heterocycles. The van der Waals surface area contributed by atoms with E-state index in [4.69, 9.17) is 11.6 Å². The van der Waals surface area contributed by atoms with Crippen molar-refractivity contribution in [3.63, 3.8) is 0 Å². The smallest absolute Gasteiger partial charge is 0.214 e. The first-order valence-corrected chi connectivity index (χ1v) is 8.13. The molecular formula is C11H22ClNO2S. The summed E-state index contributed by atoms with van der Waals surface area (Å²) in [6.07, 6.45) is 6.58. The number of sulfonamides is 1. The summed E-state index contributed by atoms with van der Waals surface area (Å²) in [5, 5.41) is -0.0335. The molecule has 0 aromatic rings. The van der Waals surface area contributed by atoms with E-state index in [-0.39, 0.29) is 10.6 Å². The topological polar surface area (TPSA) is 46.2 Å². The van der Waals surface area contributed by atoms with Crippen LogP contribution in [0.3, 0.4) is 0 Å². The molecule has 0 aliphatic heterocycles. The Morgan fingerprint density at radius 3 is 2.50 bits per heavy atom. The molecule has 1 fully saturated rings. The largest absolute Gasteiger partial charge is 0.215 e. The van der Waals surface area contributed by atoms with Crippen LogP contribution in [0.5, 0.6) is 0 Å². The molecule has 1 N–H and O–H groups in total. The molecule has 96 valence electrons. The highest BCUT2D eigenvalue weighted by molar-refractivity contribution is 7.90. The van der Waals surface area contributed by atoms with Crippen molar-refractivity contribution in [3.8, 4) is 0 Å². The van der Waals surface area contributed by atoms with Gasteiger partial charge in [0.05, 0.1) is 5.25 Å². The maximum Gasteiger partial charge on any atom is 0.214 e. The van der Waals surface area contributed by atoms with Crippen LogP contribution in [0.25, 0.3) is 0 Å². The van der Waals surface area contributed by atoms with Crippen LogP contribution in [0.2, 0.25) is 0 Å². The van der Waals surface area contributed by atoms with E-state index >= 15 is 0 Å². The quantitative estimate of drug-likeness (QED) is 0.594. The molecule has 3 nitrogen and oxygen atoms in total. The summed E-state index contributed by atoms with van der Waals surface area (Å²) in [6.45, 7) is 2.45. The van der Waals surface area contributed by atoms with Gasteiger partial charge in [-0.15, -0.1) is 11.6 Å². The predicted molar refractivity (Wildman–Crippen MR) is 68.3 cm³/mol. The van der Waals surface area contributed by atoms with Crippen LogP contribution in [0.4, 0.5) is 0 Å². The molecule has 1 unspecified atom stereocenters. The van der Waals surface area contributed by atoms with E-state index in [9.17, 15) is 8.42 Å². The SMILES string of the molecule is CC(Cl)CCCNS(=O)(=O)C1CCCCC1. The fraction of sp³-hybridized carbons (Fsp3) is 1.00. The molecule has 0 saturated heterocycles. The monoisotopic (exact) mass is 267 g/mol. The lowest BCUT2D eigenvalue weighted by atomic mass is 10.0. The van der Waals surface area contributed by atoms with E-state index in [0.29, 0.717) is 6.54 Å². The number of alkyl halides is 1. The van der Waals surface area contributed by atoms with Crippen LogP contribution < -0.4 is 4.72 Å². The van der Waals surface area contributed by atoms with Gasteiger partial charge in [0.1, 0.15) is 0 Å². The van der Waals surface area contributed by atoms with Crippen molar-refractivity contribution >= 4 is 21.6 Å². The minimum absolute atomic E-state index is 0.124. The Labute approximate surface area is 104 Å². The molecule has 0 heterocycles. The van der Waals surface area contributed by atoms with Gasteiger partial charge in [-0.2, -0.15) is 0 Å². The second-order valence-electron chi connectivity index (χ2n) is 4.62. The molecule has 1 atom stereocenters. The Balaban J connectivity index is 2.27. The van der Waals surface area contributed by atoms with Gasteiger partial charge in [0, 0.05) is 11.9 Å². The molecule has 0 bridgehead atoms. The molecule has 0 amide bonds. The number of nitrogens with one attached hydrogen (secondary N) is 1. The minimum atomic E-state index is -3.07. The van der Waals surface area contributed by atoms with Crippen molar-refractivity contribution in [2.75, 3.05) is 6.54 Å². The van der Waals surface area contributed by atoms with Crippen molar-refractivity contribution in [1.29, 1.82) is 0 Å². The van der Waals surface area contributed by atoms with Gasteiger partial charge in [0.2, 0.25) is 10.0 Å². The third kappa shape index (κ3) is 5.02. The molecular weight excluding hydrogens is 246 g/mol. The molecule has 0 spiro atoms. The molecule has 16 heavy (non-hydrogen) atoms. The van der Waals surface area contributed by atoms with Gasteiger partial charge in [-0.3, -0.25) is 0 Å². The van der Waals surface area contributed by atoms with Crippen molar-refractivity contribution in [3.05, 3.63) is 0 Å². The number of hydrogen-bond donors (Lipinski definition) is 1. The van der Waals surface area contributed by atoms with E-state index in [0.717, 1.165) is 38.5 Å². The molecule has 5 heteroatoms. The maximum atomic E-state index is 11.9. The van der Waals surface area contributed by atoms with Crippen molar-refractivity contribution in [2.45, 2.75) is 62.5 Å². The first kappa shape index (κ1) is 14.3. The average Bonchev–Trinajstić information content (AvgIpc) is 2.26. The first-order valence-electron chi connectivity index (χ1n) is 6.15. The van der Waals surface area contributed by atoms with Gasteiger partial charge in [0.15, 0.2) is 0 Å². The lowest BCUT2D eigenvalue weighted by Gasteiger charge is -2.22. The fourth-order valence-electron chi connectivity index (χ4n) is 2.09. The summed E-state index contributed by atoms with van der Waals surface area (Å²) in [5.74, 6) is 0. The zero-order chi connectivity index (χ0) is 12.0. The normalized spacial score (nSPS) is 20.9. The molecule has 1 aliphatic carbocycles. The van der Waals surface area contributed by atoms with E-state index in [1.165, 1.54) is 6.42 Å². The molecule has 0 radical (unpaired) electrons. The van der Waals surface area contributed by atoms with Gasteiger partial charge in [-0.05, 0) is 32.6 Å². The summed E-state index contributed by atoms with van der Waals surface area (Å²) in [7, 11) is -3.07. The Bertz CT molecular complexity index is 284. The Hall–Kier alpha value is 0.200. The van der Waals surface area contributed by atoms with Crippen molar-refractivity contribution in [2.24, 2.45) is 0 Å². The third-order valence-corrected chi connectivity index (χ3v) is 5.25. The number of halogens is 1. The number of rotatable bonds is 6. The molecule has 1 aliphatic rings. The Kier molecular flexibility index (Phi) is 6.08. The minimum Gasteiger partial charge on any atom is -0.215 e. The highest BCUT2D eigenvalue weighted by Crippen LogP contribution is 2.22. The molecule has 0 aromatic carbocycles. The Morgan fingerprint density at radius 2 is 1.94 bits per heavy atom. The van der Waals surface area contributed by atoms with Gasteiger partial charge in [-0.1, -0.05) is 19.3 Å². The van der Waals surface area contributed by atoms with Gasteiger partial charge < -0.3 is 0 Å². The maximum absolute atomic E-state index is 11.9. The third-order valence-electron chi connectivity index (χ3n) is 3.07. The summed E-state index contributed by atoms with van der Waals surface area (Å²) in [5.41, 5.74) is 0. The van der Waals surface area contributed by atoms with Crippen molar-refractivity contribution in [1.82, 2.24) is 4.72 Å². The predicted octanol–water partition coefficient (Wildman–Crippen LogP) is 2.65. The standard InChI is InChI=1S/C11H22ClNO2S/c1-10(12)6-5-9-13-16(14,15)11-7-3-2-4-8-11/h10-11,13H,2-9H2,1H3. The average molecular weight is 268 g/mol. The zero-order valence-corrected chi connectivity index (χ0v) is 11.5. The first-order chi connectivity index (χ1) is 7.52. The highest BCUT2D eigenvalue weighted by Gasteiger charge is 2.26. The van der Waals surface area contributed by atoms with Crippen LogP contribution in [0.1, 0.15) is 51.9 Å². The lowest BCUT2D eigenvalue weighted by Crippen LogP contribution is -2.36. The lowest BCUT2D eigenvalue weighted by molar-refractivity contribution is 0.476. The summed E-state index contributed by atoms with van der Waals surface area (Å²) in [6, 6.07) is 0. The van der Waals surface area contributed by atoms with E-state index in [1.807, 2.05) is 6.92 Å². The van der Waals surface area contributed by atoms with Crippen LogP contribution in [-0.4, -0.2) is 25.6 Å². The van der Waals surface area contributed by atoms with Gasteiger partial charge >= 0.3 is 0 Å². The summed E-state index contributed by atoms with van der Waals surface area (Å²) in [4.78, 5) is 0. The second-order valence-corrected chi connectivity index (χ2v) is 7.41. The fourth-order valence-corrected chi connectivity index (χ4v) is 3.86. The van der Waals surface area contributed by atoms with Crippen LogP contribution in [-0.2, 0) is 10.0 Å². The highest BCUT2D eigenvalue weighted by atomic mass is 35.5. The van der Waals surface area contributed by atoms with E-state index in [1.54, 1.807) is 0 Å². The number of hydrogen-bond acceptors (Lipinski definition) is 2. The zero-order valence-electron chi connectivity index (χ0n) is 9.91. The second kappa shape index (κ2) is 6.82.